The first-order chi connectivity index (χ1) is 15.3. The molecule has 7 heteroatoms. The molecule has 1 aliphatic heterocycles. The number of halogens is 1. The van der Waals surface area contributed by atoms with Crippen LogP contribution >= 0.6 is 0 Å². The van der Waals surface area contributed by atoms with E-state index in [0.717, 1.165) is 5.56 Å². The van der Waals surface area contributed by atoms with Gasteiger partial charge in [0.05, 0.1) is 6.04 Å². The predicted octanol–water partition coefficient (Wildman–Crippen LogP) is 4.55. The molecule has 1 saturated heterocycles. The third kappa shape index (κ3) is 4.28. The van der Waals surface area contributed by atoms with Gasteiger partial charge < -0.3 is 14.3 Å². The first kappa shape index (κ1) is 21.7. The highest BCUT2D eigenvalue weighted by molar-refractivity contribution is 5.97. The van der Waals surface area contributed by atoms with Gasteiger partial charge in [0.25, 0.3) is 5.91 Å². The molecule has 0 unspecified atom stereocenters. The van der Waals surface area contributed by atoms with Crippen LogP contribution in [0, 0.1) is 11.7 Å². The fraction of sp³-hybridized carbons (Fsp3) is 0.320. The number of hydrogen-bond acceptors (Lipinski definition) is 4. The van der Waals surface area contributed by atoms with E-state index >= 15 is 0 Å². The van der Waals surface area contributed by atoms with Crippen LogP contribution in [0.25, 0.3) is 11.3 Å². The minimum Gasteiger partial charge on any atom is -0.355 e. The van der Waals surface area contributed by atoms with Gasteiger partial charge >= 0.3 is 0 Å². The SMILES string of the molecule is CC(C)C[C@H]1C(=O)N(C)[C@@H](c2ccccc2)CN1C(=O)c1cc(-c2ccc(F)cc2)on1. The lowest BCUT2D eigenvalue weighted by Gasteiger charge is -2.44. The lowest BCUT2D eigenvalue weighted by molar-refractivity contribution is -0.143. The molecule has 1 fully saturated rings. The zero-order valence-electron chi connectivity index (χ0n) is 18.4. The van der Waals surface area contributed by atoms with Crippen molar-refractivity contribution < 1.29 is 18.5 Å². The number of piperazine rings is 1. The van der Waals surface area contributed by atoms with Gasteiger partial charge in [-0.2, -0.15) is 0 Å². The van der Waals surface area contributed by atoms with Crippen LogP contribution in [-0.4, -0.2) is 46.4 Å². The number of hydrogen-bond donors (Lipinski definition) is 0. The largest absolute Gasteiger partial charge is 0.355 e. The van der Waals surface area contributed by atoms with E-state index in [2.05, 4.69) is 5.16 Å². The Bertz CT molecular complexity index is 1100. The highest BCUT2D eigenvalue weighted by Gasteiger charge is 2.42. The van der Waals surface area contributed by atoms with Gasteiger partial charge in [0.2, 0.25) is 5.91 Å². The fourth-order valence-electron chi connectivity index (χ4n) is 4.13. The van der Waals surface area contributed by atoms with E-state index in [1.807, 2.05) is 44.2 Å². The standard InChI is InChI=1S/C25H26FN3O3/c1-16(2)13-21-25(31)28(3)22(17-7-5-4-6-8-17)15-29(21)24(30)20-14-23(32-27-20)18-9-11-19(26)12-10-18/h4-12,14,16,21-22H,13,15H2,1-3H3/t21-,22+/m0/s1. The molecule has 2 heterocycles. The molecular formula is C25H26FN3O3. The second-order valence-electron chi connectivity index (χ2n) is 8.56. The summed E-state index contributed by atoms with van der Waals surface area (Å²) < 4.78 is 18.6. The lowest BCUT2D eigenvalue weighted by Crippen LogP contribution is -2.59. The van der Waals surface area contributed by atoms with Crippen LogP contribution in [0.3, 0.4) is 0 Å². The van der Waals surface area contributed by atoms with Gasteiger partial charge in [-0.25, -0.2) is 4.39 Å². The second kappa shape index (κ2) is 8.94. The first-order valence-corrected chi connectivity index (χ1v) is 10.7. The van der Waals surface area contributed by atoms with Crippen molar-refractivity contribution in [3.8, 4) is 11.3 Å². The van der Waals surface area contributed by atoms with Crippen molar-refractivity contribution in [1.29, 1.82) is 0 Å². The molecule has 0 bridgehead atoms. The minimum atomic E-state index is -0.571. The number of likely N-dealkylation sites (N-methyl/N-ethyl adjacent to an activating group) is 1. The summed E-state index contributed by atoms with van der Waals surface area (Å²) in [6.07, 6.45) is 0.555. The molecule has 32 heavy (non-hydrogen) atoms. The Hall–Kier alpha value is -3.48. The quantitative estimate of drug-likeness (QED) is 0.590. The number of rotatable bonds is 5. The fourth-order valence-corrected chi connectivity index (χ4v) is 4.13. The molecule has 0 aliphatic carbocycles. The average Bonchev–Trinajstić information content (AvgIpc) is 3.28. The molecule has 2 atom stereocenters. The molecule has 2 amide bonds. The van der Waals surface area contributed by atoms with Crippen LogP contribution < -0.4 is 0 Å². The van der Waals surface area contributed by atoms with Crippen molar-refractivity contribution in [3.05, 3.63) is 77.7 Å². The monoisotopic (exact) mass is 435 g/mol. The summed E-state index contributed by atoms with van der Waals surface area (Å²) >= 11 is 0. The van der Waals surface area contributed by atoms with Crippen LogP contribution in [0.2, 0.25) is 0 Å². The molecule has 2 aromatic carbocycles. The molecule has 0 radical (unpaired) electrons. The van der Waals surface area contributed by atoms with Gasteiger partial charge in [0.15, 0.2) is 11.5 Å². The molecule has 4 rings (SSSR count). The van der Waals surface area contributed by atoms with Gasteiger partial charge in [-0.3, -0.25) is 9.59 Å². The van der Waals surface area contributed by atoms with Gasteiger partial charge in [-0.05, 0) is 42.2 Å². The zero-order chi connectivity index (χ0) is 22.8. The van der Waals surface area contributed by atoms with Crippen molar-refractivity contribution >= 4 is 11.8 Å². The molecule has 1 aromatic heterocycles. The van der Waals surface area contributed by atoms with E-state index in [9.17, 15) is 14.0 Å². The molecule has 166 valence electrons. The third-order valence-electron chi connectivity index (χ3n) is 5.84. The average molecular weight is 435 g/mol. The Morgan fingerprint density at radius 1 is 1.16 bits per heavy atom. The number of nitrogens with zero attached hydrogens (tertiary/aromatic N) is 3. The predicted molar refractivity (Wildman–Crippen MR) is 118 cm³/mol. The highest BCUT2D eigenvalue weighted by atomic mass is 19.1. The van der Waals surface area contributed by atoms with Crippen molar-refractivity contribution in [3.63, 3.8) is 0 Å². The zero-order valence-corrected chi connectivity index (χ0v) is 18.4. The molecule has 0 saturated carbocycles. The third-order valence-corrected chi connectivity index (χ3v) is 5.84. The van der Waals surface area contributed by atoms with Crippen molar-refractivity contribution in [2.24, 2.45) is 5.92 Å². The van der Waals surface area contributed by atoms with Crippen LogP contribution in [0.1, 0.15) is 42.4 Å². The summed E-state index contributed by atoms with van der Waals surface area (Å²) in [5.74, 6) is -0.199. The van der Waals surface area contributed by atoms with Crippen molar-refractivity contribution in [2.45, 2.75) is 32.4 Å². The van der Waals surface area contributed by atoms with E-state index in [1.54, 1.807) is 35.0 Å². The van der Waals surface area contributed by atoms with Crippen LogP contribution in [0.15, 0.2) is 65.2 Å². The Morgan fingerprint density at radius 2 is 1.84 bits per heavy atom. The smallest absolute Gasteiger partial charge is 0.276 e. The van der Waals surface area contributed by atoms with Gasteiger partial charge in [-0.15, -0.1) is 0 Å². The summed E-state index contributed by atoms with van der Waals surface area (Å²) in [6, 6.07) is 16.2. The second-order valence-corrected chi connectivity index (χ2v) is 8.56. The number of benzene rings is 2. The summed E-state index contributed by atoms with van der Waals surface area (Å²) in [5.41, 5.74) is 1.71. The maximum atomic E-state index is 13.5. The number of carbonyl (C=O) groups excluding carboxylic acids is 2. The van der Waals surface area contributed by atoms with Crippen LogP contribution in [0.4, 0.5) is 4.39 Å². The van der Waals surface area contributed by atoms with Gasteiger partial charge in [-0.1, -0.05) is 49.3 Å². The van der Waals surface area contributed by atoms with Crippen molar-refractivity contribution in [1.82, 2.24) is 15.0 Å². The van der Waals surface area contributed by atoms with Crippen LogP contribution in [0.5, 0.6) is 0 Å². The van der Waals surface area contributed by atoms with Gasteiger partial charge in [0, 0.05) is 25.2 Å². The lowest BCUT2D eigenvalue weighted by atomic mass is 9.94. The minimum absolute atomic E-state index is 0.0885. The Labute approximate surface area is 186 Å². The number of aromatic nitrogens is 1. The summed E-state index contributed by atoms with van der Waals surface area (Å²) in [6.45, 7) is 4.42. The Morgan fingerprint density at radius 3 is 2.50 bits per heavy atom. The summed E-state index contributed by atoms with van der Waals surface area (Å²) in [7, 11) is 1.79. The molecule has 0 spiro atoms. The maximum Gasteiger partial charge on any atom is 0.276 e. The topological polar surface area (TPSA) is 66.7 Å². The Balaban J connectivity index is 1.65. The maximum absolute atomic E-state index is 13.5. The highest BCUT2D eigenvalue weighted by Crippen LogP contribution is 2.31. The van der Waals surface area contributed by atoms with E-state index < -0.39 is 6.04 Å². The van der Waals surface area contributed by atoms with E-state index in [-0.39, 0.29) is 35.3 Å². The van der Waals surface area contributed by atoms with Gasteiger partial charge in [0.1, 0.15) is 11.9 Å². The molecular weight excluding hydrogens is 409 g/mol. The number of amides is 2. The van der Waals surface area contributed by atoms with Crippen LogP contribution in [-0.2, 0) is 4.79 Å². The Kier molecular flexibility index (Phi) is 6.08. The van der Waals surface area contributed by atoms with E-state index in [4.69, 9.17) is 4.52 Å². The van der Waals surface area contributed by atoms with Crippen molar-refractivity contribution in [2.75, 3.05) is 13.6 Å². The molecule has 1 aliphatic rings. The molecule has 3 aromatic rings. The molecule has 0 N–H and O–H groups in total. The number of carbonyl (C=O) groups is 2. The normalized spacial score (nSPS) is 19.0. The van der Waals surface area contributed by atoms with E-state index in [0.29, 0.717) is 24.3 Å². The summed E-state index contributed by atoms with van der Waals surface area (Å²) in [4.78, 5) is 30.1. The summed E-state index contributed by atoms with van der Waals surface area (Å²) in [5, 5.41) is 3.96. The van der Waals surface area contributed by atoms with E-state index in [1.165, 1.54) is 12.1 Å². The first-order valence-electron chi connectivity index (χ1n) is 10.7. The molecule has 6 nitrogen and oxygen atoms in total.